The molecule has 0 saturated heterocycles. The molecule has 7 heteroatoms. The fourth-order valence-electron chi connectivity index (χ4n) is 2.30. The van der Waals surface area contributed by atoms with Crippen molar-refractivity contribution in [3.63, 3.8) is 0 Å². The molecule has 0 spiro atoms. The van der Waals surface area contributed by atoms with Gasteiger partial charge in [0.2, 0.25) is 0 Å². The summed E-state index contributed by atoms with van der Waals surface area (Å²) in [5.74, 6) is -0.700. The molecule has 0 amide bonds. The van der Waals surface area contributed by atoms with Gasteiger partial charge in [-0.3, -0.25) is 0 Å². The van der Waals surface area contributed by atoms with Crippen LogP contribution in [0.4, 0.5) is 20.2 Å². The van der Waals surface area contributed by atoms with Crippen molar-refractivity contribution < 1.29 is 13.5 Å². The average molecular weight is 373 g/mol. The number of thioether (sulfide) groups is 1. The second-order valence-corrected chi connectivity index (χ2v) is 6.35. The molecular weight excluding hydrogens is 356 g/mol. The number of halogens is 2. The van der Waals surface area contributed by atoms with Crippen molar-refractivity contribution in [2.45, 2.75) is 25.2 Å². The van der Waals surface area contributed by atoms with Crippen LogP contribution in [0.15, 0.2) is 29.2 Å². The first kappa shape index (κ1) is 19.6. The van der Waals surface area contributed by atoms with Crippen molar-refractivity contribution in [3.8, 4) is 17.9 Å². The number of nitrogens with zero attached hydrogens (tertiary/aromatic N) is 2. The first-order chi connectivity index (χ1) is 12.6. The molecule has 0 heterocycles. The van der Waals surface area contributed by atoms with Crippen LogP contribution in [0.2, 0.25) is 0 Å². The normalized spacial score (nSPS) is 10.1. The Bertz CT molecular complexity index is 888. The molecule has 0 aliphatic heterocycles. The van der Waals surface area contributed by atoms with Gasteiger partial charge in [-0.2, -0.15) is 10.5 Å². The Kier molecular flexibility index (Phi) is 6.82. The third-order valence-corrected chi connectivity index (χ3v) is 4.71. The number of hydrogen-bond donors (Lipinski definition) is 1. The maximum Gasteiger partial charge on any atom is 0.167 e. The zero-order chi connectivity index (χ0) is 19.1. The van der Waals surface area contributed by atoms with E-state index < -0.39 is 22.8 Å². The molecule has 26 heavy (non-hydrogen) atoms. The number of benzene rings is 2. The number of hydrogen-bond acceptors (Lipinski definition) is 5. The lowest BCUT2D eigenvalue weighted by Crippen LogP contribution is -2.05. The highest BCUT2D eigenvalue weighted by atomic mass is 32.2. The molecule has 0 bridgehead atoms. The van der Waals surface area contributed by atoms with Crippen LogP contribution < -0.4 is 10.1 Å². The van der Waals surface area contributed by atoms with Crippen LogP contribution in [0.25, 0.3) is 0 Å². The predicted molar refractivity (Wildman–Crippen MR) is 97.7 cm³/mol. The van der Waals surface area contributed by atoms with E-state index in [0.717, 1.165) is 18.2 Å². The zero-order valence-electron chi connectivity index (χ0n) is 14.4. The number of rotatable bonds is 7. The van der Waals surface area contributed by atoms with Crippen LogP contribution in [-0.2, 0) is 0 Å². The third kappa shape index (κ3) is 4.07. The Morgan fingerprint density at radius 3 is 2.42 bits per heavy atom. The Balaban J connectivity index is 2.59. The largest absolute Gasteiger partial charge is 0.494 e. The lowest BCUT2D eigenvalue weighted by molar-refractivity contribution is 0.340. The van der Waals surface area contributed by atoms with Crippen LogP contribution >= 0.6 is 11.8 Å². The van der Waals surface area contributed by atoms with E-state index in [1.165, 1.54) is 0 Å². The first-order valence-corrected chi connectivity index (χ1v) is 9.03. The van der Waals surface area contributed by atoms with Gasteiger partial charge < -0.3 is 10.1 Å². The minimum atomic E-state index is -0.939. The number of anilines is 2. The van der Waals surface area contributed by atoms with Crippen LogP contribution in [-0.4, -0.2) is 12.4 Å². The van der Waals surface area contributed by atoms with E-state index >= 15 is 0 Å². The van der Waals surface area contributed by atoms with Crippen LogP contribution in [0.5, 0.6) is 5.75 Å². The summed E-state index contributed by atoms with van der Waals surface area (Å²) in [6.07, 6.45) is 0.743. The first-order valence-electron chi connectivity index (χ1n) is 8.05. The summed E-state index contributed by atoms with van der Waals surface area (Å²) in [6, 6.07) is 9.97. The minimum Gasteiger partial charge on any atom is -0.494 e. The Hall–Kier alpha value is -2.77. The van der Waals surface area contributed by atoms with E-state index in [1.807, 2.05) is 13.8 Å². The molecule has 2 aromatic rings. The Morgan fingerprint density at radius 2 is 1.81 bits per heavy atom. The van der Waals surface area contributed by atoms with E-state index in [9.17, 15) is 8.78 Å². The standard InChI is InChI=1S/C19H17F2N3OS/c1-3-8-26-19-17(21)15(11-23)14(10-22)16(20)18(19)24-12-6-5-7-13(9-12)25-4-2/h5-7,9,24H,3-4,8H2,1-2H3. The lowest BCUT2D eigenvalue weighted by Gasteiger charge is -2.16. The highest BCUT2D eigenvalue weighted by Crippen LogP contribution is 2.39. The maximum atomic E-state index is 14.9. The van der Waals surface area contributed by atoms with Gasteiger partial charge in [0, 0.05) is 11.8 Å². The summed E-state index contributed by atoms with van der Waals surface area (Å²) in [7, 11) is 0. The molecule has 0 unspecified atom stereocenters. The third-order valence-electron chi connectivity index (χ3n) is 3.42. The quantitative estimate of drug-likeness (QED) is 0.662. The van der Waals surface area contributed by atoms with Gasteiger partial charge in [-0.15, -0.1) is 11.8 Å². The second kappa shape index (κ2) is 9.07. The highest BCUT2D eigenvalue weighted by molar-refractivity contribution is 7.99. The van der Waals surface area contributed by atoms with Gasteiger partial charge in [-0.1, -0.05) is 13.0 Å². The molecule has 0 atom stereocenters. The van der Waals surface area contributed by atoms with E-state index in [-0.39, 0.29) is 10.6 Å². The van der Waals surface area contributed by atoms with Gasteiger partial charge in [0.15, 0.2) is 11.6 Å². The van der Waals surface area contributed by atoms with Crippen molar-refractivity contribution in [1.29, 1.82) is 10.5 Å². The number of nitrogens with one attached hydrogen (secondary N) is 1. The summed E-state index contributed by atoms with van der Waals surface area (Å²) in [6.45, 7) is 4.22. The highest BCUT2D eigenvalue weighted by Gasteiger charge is 2.25. The van der Waals surface area contributed by atoms with Crippen molar-refractivity contribution in [2.75, 3.05) is 17.7 Å². The molecule has 1 N–H and O–H groups in total. The maximum absolute atomic E-state index is 14.9. The molecule has 134 valence electrons. The summed E-state index contributed by atoms with van der Waals surface area (Å²) >= 11 is 1.10. The van der Waals surface area contributed by atoms with Gasteiger partial charge in [-0.05, 0) is 31.2 Å². The van der Waals surface area contributed by atoms with Crippen molar-refractivity contribution >= 4 is 23.1 Å². The van der Waals surface area contributed by atoms with Crippen LogP contribution in [0, 0.1) is 34.3 Å². The molecule has 4 nitrogen and oxygen atoms in total. The number of nitriles is 2. The number of ether oxygens (including phenoxy) is 1. The average Bonchev–Trinajstić information content (AvgIpc) is 2.64. The summed E-state index contributed by atoms with van der Waals surface area (Å²) < 4.78 is 35.0. The van der Waals surface area contributed by atoms with Gasteiger partial charge in [0.25, 0.3) is 0 Å². The molecular formula is C19H17F2N3OS. The van der Waals surface area contributed by atoms with E-state index in [2.05, 4.69) is 5.32 Å². The van der Waals surface area contributed by atoms with Gasteiger partial charge in [0.05, 0.1) is 17.2 Å². The van der Waals surface area contributed by atoms with Gasteiger partial charge in [0.1, 0.15) is 29.0 Å². The molecule has 2 rings (SSSR count). The molecule has 0 aromatic heterocycles. The fraction of sp³-hybridized carbons (Fsp3) is 0.263. The molecule has 0 aliphatic rings. The Labute approximate surface area is 155 Å². The topological polar surface area (TPSA) is 68.8 Å². The monoisotopic (exact) mass is 373 g/mol. The lowest BCUT2D eigenvalue weighted by atomic mass is 10.1. The van der Waals surface area contributed by atoms with Crippen LogP contribution in [0.1, 0.15) is 31.4 Å². The second-order valence-electron chi connectivity index (χ2n) is 5.24. The summed E-state index contributed by atoms with van der Waals surface area (Å²) in [5.41, 5.74) is -0.835. The molecule has 0 saturated carbocycles. The zero-order valence-corrected chi connectivity index (χ0v) is 15.2. The summed E-state index contributed by atoms with van der Waals surface area (Å²) in [4.78, 5) is -0.0123. The van der Waals surface area contributed by atoms with E-state index in [0.29, 0.717) is 23.8 Å². The molecule has 0 aliphatic carbocycles. The van der Waals surface area contributed by atoms with Crippen molar-refractivity contribution in [1.82, 2.24) is 0 Å². The summed E-state index contributed by atoms with van der Waals surface area (Å²) in [5, 5.41) is 21.1. The minimum absolute atomic E-state index is 0.0123. The fourth-order valence-corrected chi connectivity index (χ4v) is 3.23. The smallest absolute Gasteiger partial charge is 0.167 e. The van der Waals surface area contributed by atoms with E-state index in [4.69, 9.17) is 15.3 Å². The molecule has 0 radical (unpaired) electrons. The molecule has 0 fully saturated rings. The van der Waals surface area contributed by atoms with Crippen molar-refractivity contribution in [3.05, 3.63) is 47.0 Å². The van der Waals surface area contributed by atoms with Crippen LogP contribution in [0.3, 0.4) is 0 Å². The van der Waals surface area contributed by atoms with Gasteiger partial charge >= 0.3 is 0 Å². The predicted octanol–water partition coefficient (Wildman–Crippen LogP) is 5.35. The van der Waals surface area contributed by atoms with Gasteiger partial charge in [-0.25, -0.2) is 8.78 Å². The SMILES string of the molecule is CCCSc1c(F)c(C#N)c(C#N)c(F)c1Nc1cccc(OCC)c1. The Morgan fingerprint density at radius 1 is 1.12 bits per heavy atom. The molecule has 2 aromatic carbocycles. The van der Waals surface area contributed by atoms with Crippen molar-refractivity contribution in [2.24, 2.45) is 0 Å². The van der Waals surface area contributed by atoms with E-state index in [1.54, 1.807) is 36.4 Å².